The van der Waals surface area contributed by atoms with Crippen LogP contribution in [0.2, 0.25) is 10.0 Å². The van der Waals surface area contributed by atoms with Gasteiger partial charge in [-0.25, -0.2) is 8.78 Å². The van der Waals surface area contributed by atoms with Crippen molar-refractivity contribution in [2.75, 3.05) is 12.4 Å². The molecular weight excluding hydrogens is 495 g/mol. The van der Waals surface area contributed by atoms with Crippen LogP contribution in [0.4, 0.5) is 14.5 Å². The number of aromatic nitrogens is 1. The summed E-state index contributed by atoms with van der Waals surface area (Å²) in [6.07, 6.45) is 1.43. The summed E-state index contributed by atoms with van der Waals surface area (Å²) < 4.78 is 29.6. The summed E-state index contributed by atoms with van der Waals surface area (Å²) >= 11 is 12.6. The Kier molecular flexibility index (Phi) is 7.48. The van der Waals surface area contributed by atoms with Crippen LogP contribution in [0.1, 0.15) is 16.7 Å². The highest BCUT2D eigenvalue weighted by molar-refractivity contribution is 6.37. The molecule has 0 saturated heterocycles. The third-order valence-corrected chi connectivity index (χ3v) is 5.76. The molecule has 0 saturated carbocycles. The van der Waals surface area contributed by atoms with E-state index in [4.69, 9.17) is 28.0 Å². The van der Waals surface area contributed by atoms with Gasteiger partial charge in [-0.3, -0.25) is 9.36 Å². The van der Waals surface area contributed by atoms with Crippen LogP contribution >= 0.6 is 23.2 Å². The lowest BCUT2D eigenvalue weighted by atomic mass is 10.0. The fourth-order valence-electron chi connectivity index (χ4n) is 3.45. The molecule has 0 aliphatic heterocycles. The van der Waals surface area contributed by atoms with Crippen molar-refractivity contribution < 1.29 is 13.6 Å². The van der Waals surface area contributed by atoms with Gasteiger partial charge in [-0.05, 0) is 48.0 Å². The van der Waals surface area contributed by atoms with E-state index in [1.165, 1.54) is 29.0 Å². The molecule has 0 unspecified atom stereocenters. The van der Waals surface area contributed by atoms with Gasteiger partial charge in [-0.1, -0.05) is 46.6 Å². The SMILES string of the molecule is CNc1cccc(CO/N=C(\c2ccc(=O)n(-c3c(Cl)cccc3Cl)c2)c2ccc(F)cc2F)c1. The number of hydrogen-bond donors (Lipinski definition) is 1. The van der Waals surface area contributed by atoms with Crippen molar-refractivity contribution in [3.8, 4) is 5.69 Å². The van der Waals surface area contributed by atoms with Crippen LogP contribution in [0.25, 0.3) is 5.69 Å². The monoisotopic (exact) mass is 513 g/mol. The molecule has 4 aromatic rings. The number of oxime groups is 1. The molecular formula is C26H19Cl2F2N3O2. The Balaban J connectivity index is 1.79. The highest BCUT2D eigenvalue weighted by atomic mass is 35.5. The molecule has 178 valence electrons. The summed E-state index contributed by atoms with van der Waals surface area (Å²) in [7, 11) is 1.80. The van der Waals surface area contributed by atoms with E-state index in [2.05, 4.69) is 10.5 Å². The van der Waals surface area contributed by atoms with Crippen molar-refractivity contribution in [3.63, 3.8) is 0 Å². The van der Waals surface area contributed by atoms with Crippen LogP contribution < -0.4 is 10.9 Å². The summed E-state index contributed by atoms with van der Waals surface area (Å²) in [5.41, 5.74) is 1.96. The van der Waals surface area contributed by atoms with Gasteiger partial charge >= 0.3 is 0 Å². The van der Waals surface area contributed by atoms with E-state index >= 15 is 0 Å². The standard InChI is InChI=1S/C26H19Cl2F2N3O2/c1-31-19-5-2-4-16(12-19)15-35-32-25(20-10-9-18(29)13-23(20)30)17-8-11-24(34)33(14-17)26-21(27)6-3-7-22(26)28/h2-14,31H,15H2,1H3/b32-25+. The van der Waals surface area contributed by atoms with Gasteiger partial charge in [0.25, 0.3) is 5.56 Å². The first-order chi connectivity index (χ1) is 16.9. The summed E-state index contributed by atoms with van der Waals surface area (Å²) in [6, 6.07) is 18.2. The third kappa shape index (κ3) is 5.53. The van der Waals surface area contributed by atoms with Gasteiger partial charge in [0, 0.05) is 42.2 Å². The highest BCUT2D eigenvalue weighted by Crippen LogP contribution is 2.28. The highest BCUT2D eigenvalue weighted by Gasteiger charge is 2.17. The lowest BCUT2D eigenvalue weighted by molar-refractivity contribution is 0.131. The maximum Gasteiger partial charge on any atom is 0.255 e. The van der Waals surface area contributed by atoms with Crippen LogP contribution in [0.15, 0.2) is 88.9 Å². The number of anilines is 1. The van der Waals surface area contributed by atoms with Crippen molar-refractivity contribution in [1.29, 1.82) is 0 Å². The molecule has 4 rings (SSSR count). The number of benzene rings is 3. The molecule has 0 atom stereocenters. The molecule has 35 heavy (non-hydrogen) atoms. The Labute approximate surface area is 210 Å². The van der Waals surface area contributed by atoms with Crippen LogP contribution in [0.5, 0.6) is 0 Å². The predicted molar refractivity (Wildman–Crippen MR) is 135 cm³/mol. The molecule has 0 fully saturated rings. The first kappa shape index (κ1) is 24.4. The van der Waals surface area contributed by atoms with Crippen molar-refractivity contribution in [3.05, 3.63) is 128 Å². The van der Waals surface area contributed by atoms with Crippen molar-refractivity contribution in [1.82, 2.24) is 4.57 Å². The zero-order valence-electron chi connectivity index (χ0n) is 18.4. The Morgan fingerprint density at radius 3 is 2.46 bits per heavy atom. The van der Waals surface area contributed by atoms with Gasteiger partial charge in [0.1, 0.15) is 24.0 Å². The second kappa shape index (κ2) is 10.7. The normalized spacial score (nSPS) is 11.4. The van der Waals surface area contributed by atoms with Crippen molar-refractivity contribution in [2.24, 2.45) is 5.16 Å². The van der Waals surface area contributed by atoms with Crippen LogP contribution in [-0.4, -0.2) is 17.3 Å². The van der Waals surface area contributed by atoms with E-state index in [1.54, 1.807) is 25.2 Å². The zero-order valence-corrected chi connectivity index (χ0v) is 19.9. The number of nitrogens with zero attached hydrogens (tertiary/aromatic N) is 2. The van der Waals surface area contributed by atoms with Gasteiger partial charge in [0.15, 0.2) is 0 Å². The second-order valence-corrected chi connectivity index (χ2v) is 8.30. The van der Waals surface area contributed by atoms with E-state index < -0.39 is 17.2 Å². The number of nitrogens with one attached hydrogen (secondary N) is 1. The topological polar surface area (TPSA) is 55.6 Å². The Hall–Kier alpha value is -3.68. The molecule has 0 bridgehead atoms. The molecule has 1 N–H and O–H groups in total. The number of pyridine rings is 1. The third-order valence-electron chi connectivity index (χ3n) is 5.15. The Morgan fingerprint density at radius 1 is 1.00 bits per heavy atom. The molecule has 0 amide bonds. The fraction of sp³-hybridized carbons (Fsp3) is 0.0769. The Bertz CT molecular complexity index is 1450. The largest absolute Gasteiger partial charge is 0.390 e. The van der Waals surface area contributed by atoms with E-state index in [1.807, 2.05) is 24.3 Å². The number of rotatable bonds is 7. The van der Waals surface area contributed by atoms with E-state index in [9.17, 15) is 13.6 Å². The first-order valence-electron chi connectivity index (χ1n) is 10.5. The number of hydrogen-bond acceptors (Lipinski definition) is 4. The smallest absolute Gasteiger partial charge is 0.255 e. The molecule has 0 aliphatic carbocycles. The zero-order chi connectivity index (χ0) is 24.9. The van der Waals surface area contributed by atoms with E-state index in [0.717, 1.165) is 23.4 Å². The summed E-state index contributed by atoms with van der Waals surface area (Å²) in [5, 5.41) is 7.71. The molecule has 3 aromatic carbocycles. The minimum atomic E-state index is -0.835. The number of halogens is 4. The average Bonchev–Trinajstić information content (AvgIpc) is 2.84. The van der Waals surface area contributed by atoms with Gasteiger partial charge < -0.3 is 10.2 Å². The summed E-state index contributed by atoms with van der Waals surface area (Å²) in [4.78, 5) is 18.2. The van der Waals surface area contributed by atoms with Gasteiger partial charge in [-0.15, -0.1) is 0 Å². The Morgan fingerprint density at radius 2 is 1.74 bits per heavy atom. The van der Waals surface area contributed by atoms with Crippen molar-refractivity contribution >= 4 is 34.6 Å². The van der Waals surface area contributed by atoms with E-state index in [0.29, 0.717) is 5.56 Å². The molecule has 0 radical (unpaired) electrons. The fourth-order valence-corrected chi connectivity index (χ4v) is 4.03. The van der Waals surface area contributed by atoms with Crippen molar-refractivity contribution in [2.45, 2.75) is 6.61 Å². The molecule has 1 heterocycles. The minimum absolute atomic E-state index is 0.00849. The van der Waals surface area contributed by atoms with Gasteiger partial charge in [0.2, 0.25) is 0 Å². The van der Waals surface area contributed by atoms with Crippen LogP contribution in [0, 0.1) is 11.6 Å². The minimum Gasteiger partial charge on any atom is -0.390 e. The molecule has 9 heteroatoms. The second-order valence-electron chi connectivity index (χ2n) is 7.48. The molecule has 0 spiro atoms. The summed E-state index contributed by atoms with van der Waals surface area (Å²) in [5.74, 6) is -1.57. The average molecular weight is 514 g/mol. The quantitative estimate of drug-likeness (QED) is 0.228. The van der Waals surface area contributed by atoms with Crippen LogP contribution in [-0.2, 0) is 11.4 Å². The summed E-state index contributed by atoms with van der Waals surface area (Å²) in [6.45, 7) is 0.0951. The predicted octanol–water partition coefficient (Wildman–Crippen LogP) is 6.43. The lowest BCUT2D eigenvalue weighted by Gasteiger charge is -2.14. The lowest BCUT2D eigenvalue weighted by Crippen LogP contribution is -2.20. The molecule has 5 nitrogen and oxygen atoms in total. The molecule has 0 aliphatic rings. The number of para-hydroxylation sites is 1. The maximum absolute atomic E-state index is 14.8. The van der Waals surface area contributed by atoms with Gasteiger partial charge in [0.05, 0.1) is 15.7 Å². The molecule has 1 aromatic heterocycles. The van der Waals surface area contributed by atoms with Gasteiger partial charge in [-0.2, -0.15) is 0 Å². The van der Waals surface area contributed by atoms with E-state index in [-0.39, 0.29) is 33.6 Å². The first-order valence-corrected chi connectivity index (χ1v) is 11.2. The maximum atomic E-state index is 14.8. The van der Waals surface area contributed by atoms with Crippen LogP contribution in [0.3, 0.4) is 0 Å².